The van der Waals surface area contributed by atoms with Gasteiger partial charge in [0.05, 0.1) is 18.7 Å². The summed E-state index contributed by atoms with van der Waals surface area (Å²) in [5, 5.41) is 12.4. The molecule has 2 atom stereocenters. The van der Waals surface area contributed by atoms with Crippen molar-refractivity contribution in [2.24, 2.45) is 0 Å². The maximum Gasteiger partial charge on any atom is 0.387 e. The van der Waals surface area contributed by atoms with E-state index >= 15 is 0 Å². The Labute approximate surface area is 139 Å². The van der Waals surface area contributed by atoms with Crippen LogP contribution in [0.25, 0.3) is 0 Å². The number of aliphatic hydroxyl groups is 1. The van der Waals surface area contributed by atoms with Crippen LogP contribution in [0.15, 0.2) is 18.2 Å². The monoisotopic (exact) mass is 340 g/mol. The number of fused-ring (bicyclic) bond motifs is 1. The lowest BCUT2D eigenvalue weighted by molar-refractivity contribution is -0.0499. The number of ether oxygens (including phenoxy) is 1. The number of urea groups is 1. The summed E-state index contributed by atoms with van der Waals surface area (Å²) in [6, 6.07) is 4.48. The van der Waals surface area contributed by atoms with Crippen molar-refractivity contribution < 1.29 is 23.4 Å². The summed E-state index contributed by atoms with van der Waals surface area (Å²) in [4.78, 5) is 14.2. The van der Waals surface area contributed by atoms with Crippen molar-refractivity contribution in [3.05, 3.63) is 29.3 Å². The number of benzene rings is 1. The molecule has 1 aliphatic carbocycles. The first-order valence-electron chi connectivity index (χ1n) is 8.34. The largest absolute Gasteiger partial charge is 0.435 e. The van der Waals surface area contributed by atoms with Crippen molar-refractivity contribution in [1.82, 2.24) is 10.2 Å². The van der Waals surface area contributed by atoms with E-state index in [1.807, 2.05) is 0 Å². The minimum Gasteiger partial charge on any atom is -0.435 e. The molecule has 1 aromatic carbocycles. The van der Waals surface area contributed by atoms with Gasteiger partial charge in [-0.3, -0.25) is 0 Å². The molecule has 1 heterocycles. The predicted octanol–water partition coefficient (Wildman–Crippen LogP) is 2.83. The van der Waals surface area contributed by atoms with Crippen LogP contribution in [0, 0.1) is 0 Å². The van der Waals surface area contributed by atoms with Crippen LogP contribution in [0.3, 0.4) is 0 Å². The number of halogens is 2. The average molecular weight is 340 g/mol. The zero-order valence-corrected chi connectivity index (χ0v) is 13.4. The van der Waals surface area contributed by atoms with E-state index in [1.54, 1.807) is 17.0 Å². The van der Waals surface area contributed by atoms with Crippen molar-refractivity contribution >= 4 is 6.03 Å². The summed E-state index contributed by atoms with van der Waals surface area (Å²) in [5.41, 5.74) is 1.89. The molecule has 1 fully saturated rings. The molecule has 24 heavy (non-hydrogen) atoms. The molecule has 2 amide bonds. The van der Waals surface area contributed by atoms with Crippen molar-refractivity contribution in [3.63, 3.8) is 0 Å². The van der Waals surface area contributed by atoms with E-state index in [2.05, 4.69) is 10.1 Å². The lowest BCUT2D eigenvalue weighted by atomic mass is 9.87. The van der Waals surface area contributed by atoms with Gasteiger partial charge in [-0.25, -0.2) is 4.79 Å². The number of likely N-dealkylation sites (tertiary alicyclic amines) is 1. The Kier molecular flexibility index (Phi) is 5.18. The average Bonchev–Trinajstić information content (AvgIpc) is 3.03. The molecular formula is C17H22F2N2O3. The number of aliphatic hydroxyl groups excluding tert-OH is 1. The minimum absolute atomic E-state index is 0.0248. The normalized spacial score (nSPS) is 23.2. The fraction of sp³-hybridized carbons (Fsp3) is 0.588. The Morgan fingerprint density at radius 2 is 2.21 bits per heavy atom. The van der Waals surface area contributed by atoms with Gasteiger partial charge >= 0.3 is 12.6 Å². The molecule has 2 N–H and O–H groups in total. The number of carbonyl (C=O) groups is 1. The first-order chi connectivity index (χ1) is 11.6. The van der Waals surface area contributed by atoms with Gasteiger partial charge in [-0.1, -0.05) is 6.07 Å². The van der Waals surface area contributed by atoms with Crippen LogP contribution >= 0.6 is 0 Å². The topological polar surface area (TPSA) is 61.8 Å². The van der Waals surface area contributed by atoms with Crippen LogP contribution < -0.4 is 10.1 Å². The highest BCUT2D eigenvalue weighted by Gasteiger charge is 2.30. The molecule has 1 aromatic rings. The number of hydrogen-bond donors (Lipinski definition) is 2. The van der Waals surface area contributed by atoms with Crippen molar-refractivity contribution in [1.29, 1.82) is 0 Å². The molecular weight excluding hydrogens is 318 g/mol. The summed E-state index contributed by atoms with van der Waals surface area (Å²) in [6.07, 6.45) is 4.18. The van der Waals surface area contributed by atoms with E-state index in [0.717, 1.165) is 43.2 Å². The molecule has 0 spiro atoms. The number of alkyl halides is 2. The first-order valence-corrected chi connectivity index (χ1v) is 8.34. The zero-order valence-electron chi connectivity index (χ0n) is 13.4. The third-order valence-corrected chi connectivity index (χ3v) is 4.80. The Balaban J connectivity index is 1.71. The van der Waals surface area contributed by atoms with Crippen molar-refractivity contribution in [3.8, 4) is 5.75 Å². The van der Waals surface area contributed by atoms with Crippen LogP contribution in [0.1, 0.15) is 42.9 Å². The minimum atomic E-state index is -2.84. The number of rotatable bonds is 4. The highest BCUT2D eigenvalue weighted by atomic mass is 19.3. The standard InChI is InChI=1S/C17H22F2N2O3/c18-16(19)24-13-6-7-14-11(9-13)3-1-5-15(14)20-17(23)21-8-2-4-12(21)10-22/h6-7,9,12,15-16,22H,1-5,8,10H2,(H,20,23)/t12-,15?/m0/s1. The van der Waals surface area contributed by atoms with Crippen LogP contribution in [-0.4, -0.2) is 41.8 Å². The van der Waals surface area contributed by atoms with Gasteiger partial charge in [0.1, 0.15) is 5.75 Å². The molecule has 0 saturated carbocycles. The van der Waals surface area contributed by atoms with Gasteiger partial charge in [0.2, 0.25) is 0 Å². The van der Waals surface area contributed by atoms with Crippen LogP contribution in [0.4, 0.5) is 13.6 Å². The summed E-state index contributed by atoms with van der Waals surface area (Å²) in [5.74, 6) is 0.149. The maximum absolute atomic E-state index is 12.5. The molecule has 1 aliphatic heterocycles. The lowest BCUT2D eigenvalue weighted by Gasteiger charge is -2.30. The number of nitrogens with one attached hydrogen (secondary N) is 1. The molecule has 0 bridgehead atoms. The summed E-state index contributed by atoms with van der Waals surface area (Å²) >= 11 is 0. The van der Waals surface area contributed by atoms with Crippen LogP contribution in [-0.2, 0) is 6.42 Å². The predicted molar refractivity (Wildman–Crippen MR) is 84.1 cm³/mol. The van der Waals surface area contributed by atoms with Gasteiger partial charge in [0.15, 0.2) is 0 Å². The number of nitrogens with zero attached hydrogens (tertiary/aromatic N) is 1. The Morgan fingerprint density at radius 1 is 1.38 bits per heavy atom. The van der Waals surface area contributed by atoms with Gasteiger partial charge < -0.3 is 20.1 Å². The van der Waals surface area contributed by atoms with E-state index in [9.17, 15) is 18.7 Å². The smallest absolute Gasteiger partial charge is 0.387 e. The van der Waals surface area contributed by atoms with Gasteiger partial charge in [0.25, 0.3) is 0 Å². The Morgan fingerprint density at radius 3 is 2.96 bits per heavy atom. The van der Waals surface area contributed by atoms with E-state index < -0.39 is 6.61 Å². The van der Waals surface area contributed by atoms with Gasteiger partial charge in [-0.2, -0.15) is 8.78 Å². The van der Waals surface area contributed by atoms with E-state index in [1.165, 1.54) is 6.07 Å². The molecule has 1 saturated heterocycles. The molecule has 3 rings (SSSR count). The van der Waals surface area contributed by atoms with Crippen LogP contribution in [0.5, 0.6) is 5.75 Å². The molecule has 1 unspecified atom stereocenters. The van der Waals surface area contributed by atoms with Gasteiger partial charge in [-0.05, 0) is 55.4 Å². The second-order valence-corrected chi connectivity index (χ2v) is 6.31. The fourth-order valence-electron chi connectivity index (χ4n) is 3.64. The molecule has 132 valence electrons. The second-order valence-electron chi connectivity index (χ2n) is 6.31. The SMILES string of the molecule is O=C(NC1CCCc2cc(OC(F)F)ccc21)N1CCC[C@H]1CO. The van der Waals surface area contributed by atoms with Gasteiger partial charge in [0, 0.05) is 6.54 Å². The number of aryl methyl sites for hydroxylation is 1. The Hall–Kier alpha value is -1.89. The maximum atomic E-state index is 12.5. The van der Waals surface area contributed by atoms with Crippen molar-refractivity contribution in [2.75, 3.05) is 13.2 Å². The summed E-state index contributed by atoms with van der Waals surface area (Å²) in [7, 11) is 0. The quantitative estimate of drug-likeness (QED) is 0.886. The fourth-order valence-corrected chi connectivity index (χ4v) is 3.64. The first kappa shape index (κ1) is 17.0. The number of hydrogen-bond acceptors (Lipinski definition) is 3. The second kappa shape index (κ2) is 7.34. The third kappa shape index (κ3) is 3.61. The lowest BCUT2D eigenvalue weighted by Crippen LogP contribution is -2.45. The van der Waals surface area contributed by atoms with Gasteiger partial charge in [-0.15, -0.1) is 0 Å². The Bertz CT molecular complexity index is 597. The highest BCUT2D eigenvalue weighted by Crippen LogP contribution is 2.33. The number of amides is 2. The molecule has 7 heteroatoms. The number of carbonyl (C=O) groups excluding carboxylic acids is 1. The highest BCUT2D eigenvalue weighted by molar-refractivity contribution is 5.75. The van der Waals surface area contributed by atoms with Crippen LogP contribution in [0.2, 0.25) is 0 Å². The third-order valence-electron chi connectivity index (χ3n) is 4.80. The summed E-state index contributed by atoms with van der Waals surface area (Å²) < 4.78 is 29.1. The molecule has 5 nitrogen and oxygen atoms in total. The van der Waals surface area contributed by atoms with E-state index in [0.29, 0.717) is 6.54 Å². The molecule has 2 aliphatic rings. The molecule has 0 aromatic heterocycles. The van der Waals surface area contributed by atoms with E-state index in [4.69, 9.17) is 0 Å². The zero-order chi connectivity index (χ0) is 17.1. The van der Waals surface area contributed by atoms with Crippen molar-refractivity contribution in [2.45, 2.75) is 50.8 Å². The molecule has 0 radical (unpaired) electrons. The van der Waals surface area contributed by atoms with E-state index in [-0.39, 0.29) is 30.5 Å². The summed E-state index contributed by atoms with van der Waals surface area (Å²) in [6.45, 7) is -2.21.